The Balaban J connectivity index is 1.55. The van der Waals surface area contributed by atoms with Crippen LogP contribution in [0.15, 0.2) is 29.5 Å². The SMILES string of the molecule is CCN1C(=O)N[C@H](c2ccc(C)cc2C)C2=C1CN(CCC(=O)N1CCOCC1)C2=O. The first-order valence-corrected chi connectivity index (χ1v) is 10.9. The molecule has 1 aromatic carbocycles. The van der Waals surface area contributed by atoms with Crippen molar-refractivity contribution < 1.29 is 19.1 Å². The summed E-state index contributed by atoms with van der Waals surface area (Å²) in [6.07, 6.45) is 0.272. The van der Waals surface area contributed by atoms with Crippen LogP contribution in [0.4, 0.5) is 4.79 Å². The van der Waals surface area contributed by atoms with Crippen molar-refractivity contribution in [1.29, 1.82) is 0 Å². The van der Waals surface area contributed by atoms with Gasteiger partial charge in [-0.1, -0.05) is 23.8 Å². The molecule has 1 fully saturated rings. The first kappa shape index (κ1) is 21.4. The number of urea groups is 1. The number of rotatable bonds is 5. The second-order valence-corrected chi connectivity index (χ2v) is 8.32. The second-order valence-electron chi connectivity index (χ2n) is 8.32. The van der Waals surface area contributed by atoms with Crippen molar-refractivity contribution in [3.8, 4) is 0 Å². The molecule has 3 aliphatic rings. The highest BCUT2D eigenvalue weighted by Gasteiger charge is 2.43. The third-order valence-corrected chi connectivity index (χ3v) is 6.31. The molecule has 4 rings (SSSR count). The van der Waals surface area contributed by atoms with E-state index in [1.165, 1.54) is 0 Å². The Hall–Kier alpha value is -2.87. The average molecular weight is 427 g/mol. The van der Waals surface area contributed by atoms with E-state index in [4.69, 9.17) is 4.74 Å². The van der Waals surface area contributed by atoms with Crippen molar-refractivity contribution in [2.75, 3.05) is 45.9 Å². The van der Waals surface area contributed by atoms with E-state index in [2.05, 4.69) is 11.4 Å². The predicted molar refractivity (Wildman–Crippen MR) is 115 cm³/mol. The third-order valence-electron chi connectivity index (χ3n) is 6.31. The predicted octanol–water partition coefficient (Wildman–Crippen LogP) is 1.73. The number of aryl methyl sites for hydroxylation is 2. The van der Waals surface area contributed by atoms with Gasteiger partial charge < -0.3 is 19.9 Å². The lowest BCUT2D eigenvalue weighted by Gasteiger charge is -2.33. The van der Waals surface area contributed by atoms with Crippen LogP contribution in [0.5, 0.6) is 0 Å². The van der Waals surface area contributed by atoms with Gasteiger partial charge in [0.25, 0.3) is 5.91 Å². The summed E-state index contributed by atoms with van der Waals surface area (Å²) < 4.78 is 5.30. The fourth-order valence-electron chi connectivity index (χ4n) is 4.65. The summed E-state index contributed by atoms with van der Waals surface area (Å²) in [4.78, 5) is 43.9. The average Bonchev–Trinajstić information content (AvgIpc) is 3.08. The molecule has 0 unspecified atom stereocenters. The normalized spacial score (nSPS) is 21.5. The Morgan fingerprint density at radius 3 is 2.61 bits per heavy atom. The zero-order chi connectivity index (χ0) is 22.1. The second kappa shape index (κ2) is 8.70. The molecule has 31 heavy (non-hydrogen) atoms. The monoisotopic (exact) mass is 426 g/mol. The molecule has 0 saturated carbocycles. The summed E-state index contributed by atoms with van der Waals surface area (Å²) in [6.45, 7) is 9.40. The first-order valence-electron chi connectivity index (χ1n) is 10.9. The molecule has 0 aromatic heterocycles. The number of nitrogens with one attached hydrogen (secondary N) is 1. The topological polar surface area (TPSA) is 82.2 Å². The van der Waals surface area contributed by atoms with Gasteiger partial charge >= 0.3 is 6.03 Å². The number of hydrogen-bond donors (Lipinski definition) is 1. The molecular weight excluding hydrogens is 396 g/mol. The lowest BCUT2D eigenvalue weighted by molar-refractivity contribution is -0.136. The summed E-state index contributed by atoms with van der Waals surface area (Å²) in [5, 5.41) is 3.03. The molecule has 0 bridgehead atoms. The van der Waals surface area contributed by atoms with Crippen LogP contribution in [0.1, 0.15) is 36.1 Å². The maximum Gasteiger partial charge on any atom is 0.322 e. The van der Waals surface area contributed by atoms with E-state index in [0.29, 0.717) is 51.5 Å². The number of ether oxygens (including phenoxy) is 1. The van der Waals surface area contributed by atoms with Gasteiger partial charge in [0.15, 0.2) is 0 Å². The van der Waals surface area contributed by atoms with Crippen LogP contribution < -0.4 is 5.32 Å². The van der Waals surface area contributed by atoms with Crippen LogP contribution in [0.3, 0.4) is 0 Å². The Kier molecular flexibility index (Phi) is 6.00. The van der Waals surface area contributed by atoms with E-state index in [9.17, 15) is 14.4 Å². The highest BCUT2D eigenvalue weighted by atomic mass is 16.5. The number of nitrogens with zero attached hydrogens (tertiary/aromatic N) is 3. The molecule has 0 radical (unpaired) electrons. The number of benzene rings is 1. The fraction of sp³-hybridized carbons (Fsp3) is 0.522. The zero-order valence-corrected chi connectivity index (χ0v) is 18.4. The van der Waals surface area contributed by atoms with Crippen molar-refractivity contribution in [2.24, 2.45) is 0 Å². The van der Waals surface area contributed by atoms with E-state index in [1.807, 2.05) is 32.9 Å². The minimum Gasteiger partial charge on any atom is -0.378 e. The van der Waals surface area contributed by atoms with Crippen LogP contribution in [-0.2, 0) is 14.3 Å². The summed E-state index contributed by atoms with van der Waals surface area (Å²) in [5.74, 6) is -0.0679. The zero-order valence-electron chi connectivity index (χ0n) is 18.4. The molecule has 1 saturated heterocycles. The Morgan fingerprint density at radius 1 is 1.19 bits per heavy atom. The molecular formula is C23H30N4O4. The summed E-state index contributed by atoms with van der Waals surface area (Å²) in [7, 11) is 0. The number of morpholine rings is 1. The maximum absolute atomic E-state index is 13.4. The molecule has 4 amide bonds. The molecule has 166 valence electrons. The number of carbonyl (C=O) groups excluding carboxylic acids is 3. The van der Waals surface area contributed by atoms with Crippen LogP contribution in [0, 0.1) is 13.8 Å². The minimum atomic E-state index is -0.474. The van der Waals surface area contributed by atoms with Gasteiger partial charge in [0, 0.05) is 32.6 Å². The van der Waals surface area contributed by atoms with E-state index in [1.54, 1.807) is 14.7 Å². The molecule has 0 spiro atoms. The first-order chi connectivity index (χ1) is 14.9. The number of hydrogen-bond acceptors (Lipinski definition) is 4. The third kappa shape index (κ3) is 4.04. The molecule has 8 heteroatoms. The number of amides is 4. The lowest BCUT2D eigenvalue weighted by atomic mass is 9.91. The van der Waals surface area contributed by atoms with E-state index >= 15 is 0 Å². The van der Waals surface area contributed by atoms with Crippen molar-refractivity contribution in [3.05, 3.63) is 46.2 Å². The Morgan fingerprint density at radius 2 is 1.94 bits per heavy atom. The van der Waals surface area contributed by atoms with Crippen molar-refractivity contribution in [1.82, 2.24) is 20.0 Å². The van der Waals surface area contributed by atoms with E-state index in [0.717, 1.165) is 22.4 Å². The van der Waals surface area contributed by atoms with Gasteiger partial charge in [-0.3, -0.25) is 14.5 Å². The molecule has 1 atom stereocenters. The van der Waals surface area contributed by atoms with Crippen molar-refractivity contribution in [3.63, 3.8) is 0 Å². The summed E-state index contributed by atoms with van der Waals surface area (Å²) >= 11 is 0. The standard InChI is InChI=1S/C23H30N4O4/c1-4-27-18-14-26(8-7-19(28)25-9-11-31-12-10-25)22(29)20(18)21(24-23(27)30)17-6-5-15(2)13-16(17)3/h5-6,13,21H,4,7-12,14H2,1-3H3,(H,24,30)/t21-/m1/s1. The van der Waals surface area contributed by atoms with Gasteiger partial charge in [-0.05, 0) is 31.9 Å². The summed E-state index contributed by atoms with van der Waals surface area (Å²) in [5.41, 5.74) is 4.47. The minimum absolute atomic E-state index is 0.0356. The van der Waals surface area contributed by atoms with Gasteiger partial charge in [0.1, 0.15) is 0 Å². The highest BCUT2D eigenvalue weighted by molar-refractivity contribution is 6.01. The Labute approximate surface area is 182 Å². The molecule has 3 heterocycles. The van der Waals surface area contributed by atoms with E-state index in [-0.39, 0.29) is 24.3 Å². The maximum atomic E-state index is 13.4. The molecule has 1 N–H and O–H groups in total. The lowest BCUT2D eigenvalue weighted by Crippen LogP contribution is -2.47. The number of likely N-dealkylation sites (N-methyl/N-ethyl adjacent to an activating group) is 1. The molecule has 1 aromatic rings. The molecule has 0 aliphatic carbocycles. The smallest absolute Gasteiger partial charge is 0.322 e. The Bertz CT molecular complexity index is 936. The largest absolute Gasteiger partial charge is 0.378 e. The molecule has 8 nitrogen and oxygen atoms in total. The van der Waals surface area contributed by atoms with Crippen molar-refractivity contribution in [2.45, 2.75) is 33.2 Å². The quantitative estimate of drug-likeness (QED) is 0.778. The number of carbonyl (C=O) groups is 3. The van der Waals surface area contributed by atoms with Crippen molar-refractivity contribution >= 4 is 17.8 Å². The van der Waals surface area contributed by atoms with Gasteiger partial charge in [0.2, 0.25) is 5.91 Å². The fourth-order valence-corrected chi connectivity index (χ4v) is 4.65. The van der Waals surface area contributed by atoms with Gasteiger partial charge in [-0.15, -0.1) is 0 Å². The summed E-state index contributed by atoms with van der Waals surface area (Å²) in [6, 6.07) is 5.38. The van der Waals surface area contributed by atoms with Crippen LogP contribution in [0.2, 0.25) is 0 Å². The van der Waals surface area contributed by atoms with Gasteiger partial charge in [0.05, 0.1) is 37.1 Å². The van der Waals surface area contributed by atoms with Crippen LogP contribution in [-0.4, -0.2) is 78.5 Å². The van der Waals surface area contributed by atoms with Gasteiger partial charge in [-0.25, -0.2) is 4.79 Å². The van der Waals surface area contributed by atoms with Crippen LogP contribution in [0.25, 0.3) is 0 Å². The van der Waals surface area contributed by atoms with E-state index < -0.39 is 6.04 Å². The highest BCUT2D eigenvalue weighted by Crippen LogP contribution is 2.37. The van der Waals surface area contributed by atoms with Crippen LogP contribution >= 0.6 is 0 Å². The van der Waals surface area contributed by atoms with Gasteiger partial charge in [-0.2, -0.15) is 0 Å². The molecule has 3 aliphatic heterocycles.